The molecule has 0 fully saturated rings. The summed E-state index contributed by atoms with van der Waals surface area (Å²) < 4.78 is 1.03. The fourth-order valence-electron chi connectivity index (χ4n) is 1.31. The van der Waals surface area contributed by atoms with Crippen molar-refractivity contribution in [3.05, 3.63) is 35.3 Å². The zero-order chi connectivity index (χ0) is 11.2. The van der Waals surface area contributed by atoms with E-state index in [1.807, 2.05) is 0 Å². The molecule has 0 spiro atoms. The van der Waals surface area contributed by atoms with Crippen LogP contribution in [0, 0.1) is 6.92 Å². The lowest BCUT2D eigenvalue weighted by Gasteiger charge is -2.05. The van der Waals surface area contributed by atoms with Crippen LogP contribution < -0.4 is 5.32 Å². The fourth-order valence-corrected chi connectivity index (χ4v) is 2.73. The van der Waals surface area contributed by atoms with Gasteiger partial charge in [-0.15, -0.1) is 10.2 Å². The number of rotatable bonds is 5. The average molecular weight is 251 g/mol. The predicted octanol–water partition coefficient (Wildman–Crippen LogP) is 3.05. The number of nitrogens with zero attached hydrogens (tertiary/aromatic N) is 2. The SMILES string of the molecule is Cc1cccc(NCCSc2nncs2)c1. The van der Waals surface area contributed by atoms with Crippen molar-refractivity contribution in [3.8, 4) is 0 Å². The number of nitrogens with one attached hydrogen (secondary N) is 1. The molecule has 1 heterocycles. The van der Waals surface area contributed by atoms with Gasteiger partial charge in [0.05, 0.1) is 0 Å². The molecule has 16 heavy (non-hydrogen) atoms. The smallest absolute Gasteiger partial charge is 0.174 e. The summed E-state index contributed by atoms with van der Waals surface area (Å²) in [4.78, 5) is 0. The molecule has 2 rings (SSSR count). The van der Waals surface area contributed by atoms with Crippen LogP contribution in [0.5, 0.6) is 0 Å². The summed E-state index contributed by atoms with van der Waals surface area (Å²) in [5.41, 5.74) is 4.22. The number of anilines is 1. The summed E-state index contributed by atoms with van der Waals surface area (Å²) in [6, 6.07) is 8.40. The van der Waals surface area contributed by atoms with Crippen LogP contribution in [0.3, 0.4) is 0 Å². The first-order valence-electron chi connectivity index (χ1n) is 5.04. The molecule has 1 N–H and O–H groups in total. The van der Waals surface area contributed by atoms with Gasteiger partial charge in [0.2, 0.25) is 0 Å². The molecular weight excluding hydrogens is 238 g/mol. The molecular formula is C11H13N3S2. The van der Waals surface area contributed by atoms with Gasteiger partial charge >= 0.3 is 0 Å². The molecule has 0 aliphatic heterocycles. The van der Waals surface area contributed by atoms with Crippen LogP contribution >= 0.6 is 23.1 Å². The maximum absolute atomic E-state index is 3.98. The summed E-state index contributed by atoms with van der Waals surface area (Å²) in [6.07, 6.45) is 0. The molecule has 0 unspecified atom stereocenters. The molecule has 2 aromatic rings. The van der Waals surface area contributed by atoms with Crippen LogP contribution in [0.15, 0.2) is 34.1 Å². The molecule has 0 aliphatic rings. The maximum atomic E-state index is 3.98. The molecule has 84 valence electrons. The highest BCUT2D eigenvalue weighted by molar-refractivity contribution is 8.01. The van der Waals surface area contributed by atoms with E-state index in [0.29, 0.717) is 0 Å². The lowest BCUT2D eigenvalue weighted by Crippen LogP contribution is -2.03. The van der Waals surface area contributed by atoms with Gasteiger partial charge in [0, 0.05) is 18.0 Å². The Morgan fingerprint density at radius 2 is 2.38 bits per heavy atom. The highest BCUT2D eigenvalue weighted by Gasteiger charge is 1.97. The van der Waals surface area contributed by atoms with E-state index >= 15 is 0 Å². The van der Waals surface area contributed by atoms with Crippen LogP contribution in [-0.2, 0) is 0 Å². The number of benzene rings is 1. The number of hydrogen-bond acceptors (Lipinski definition) is 5. The molecule has 0 saturated heterocycles. The number of aromatic nitrogens is 2. The highest BCUT2D eigenvalue weighted by atomic mass is 32.2. The number of hydrogen-bond donors (Lipinski definition) is 1. The van der Waals surface area contributed by atoms with Gasteiger partial charge in [0.1, 0.15) is 5.51 Å². The Bertz CT molecular complexity index is 429. The van der Waals surface area contributed by atoms with Gasteiger partial charge in [-0.25, -0.2) is 0 Å². The van der Waals surface area contributed by atoms with Crippen LogP contribution in [-0.4, -0.2) is 22.5 Å². The van der Waals surface area contributed by atoms with Gasteiger partial charge in [-0.1, -0.05) is 35.2 Å². The van der Waals surface area contributed by atoms with Crippen LogP contribution in [0.4, 0.5) is 5.69 Å². The molecule has 0 aliphatic carbocycles. The molecule has 0 saturated carbocycles. The summed E-state index contributed by atoms with van der Waals surface area (Å²) in [6.45, 7) is 3.04. The molecule has 5 heteroatoms. The minimum Gasteiger partial charge on any atom is -0.384 e. The Hall–Kier alpha value is -1.07. The van der Waals surface area contributed by atoms with Crippen LogP contribution in [0.1, 0.15) is 5.56 Å². The van der Waals surface area contributed by atoms with Crippen molar-refractivity contribution in [1.82, 2.24) is 10.2 Å². The van der Waals surface area contributed by atoms with E-state index < -0.39 is 0 Å². The summed E-state index contributed by atoms with van der Waals surface area (Å²) in [7, 11) is 0. The fraction of sp³-hybridized carbons (Fsp3) is 0.273. The van der Waals surface area contributed by atoms with Crippen molar-refractivity contribution in [3.63, 3.8) is 0 Å². The van der Waals surface area contributed by atoms with Gasteiger partial charge in [-0.3, -0.25) is 0 Å². The van der Waals surface area contributed by atoms with E-state index in [1.165, 1.54) is 11.3 Å². The first-order valence-corrected chi connectivity index (χ1v) is 6.90. The number of thioether (sulfide) groups is 1. The van der Waals surface area contributed by atoms with Gasteiger partial charge in [-0.05, 0) is 24.6 Å². The van der Waals surface area contributed by atoms with Crippen molar-refractivity contribution in [2.24, 2.45) is 0 Å². The lowest BCUT2D eigenvalue weighted by molar-refractivity contribution is 1.01. The molecule has 0 bridgehead atoms. The largest absolute Gasteiger partial charge is 0.384 e. The standard InChI is InChI=1S/C11H13N3S2/c1-9-3-2-4-10(7-9)12-5-6-15-11-14-13-8-16-11/h2-4,7-8,12H,5-6H2,1H3. The van der Waals surface area contributed by atoms with E-state index in [1.54, 1.807) is 28.6 Å². The first kappa shape index (κ1) is 11.4. The van der Waals surface area contributed by atoms with Gasteiger partial charge in [-0.2, -0.15) is 0 Å². The second-order valence-corrected chi connectivity index (χ2v) is 5.52. The Morgan fingerprint density at radius 3 is 3.12 bits per heavy atom. The first-order chi connectivity index (χ1) is 7.84. The summed E-state index contributed by atoms with van der Waals surface area (Å²) >= 11 is 3.32. The molecule has 3 nitrogen and oxygen atoms in total. The third kappa shape index (κ3) is 3.50. The van der Waals surface area contributed by atoms with Crippen LogP contribution in [0.25, 0.3) is 0 Å². The van der Waals surface area contributed by atoms with Crippen molar-refractivity contribution in [2.75, 3.05) is 17.6 Å². The second kappa shape index (κ2) is 5.86. The normalized spacial score (nSPS) is 10.3. The van der Waals surface area contributed by atoms with Crippen molar-refractivity contribution < 1.29 is 0 Å². The minimum atomic E-state index is 0.938. The Kier molecular flexibility index (Phi) is 4.18. The van der Waals surface area contributed by atoms with Gasteiger partial charge < -0.3 is 5.32 Å². The monoisotopic (exact) mass is 251 g/mol. The van der Waals surface area contributed by atoms with E-state index in [2.05, 4.69) is 46.7 Å². The highest BCUT2D eigenvalue weighted by Crippen LogP contribution is 2.18. The predicted molar refractivity (Wildman–Crippen MR) is 70.3 cm³/mol. The summed E-state index contributed by atoms with van der Waals surface area (Å²) in [5.74, 6) is 1.00. The molecule has 0 amide bonds. The molecule has 0 atom stereocenters. The lowest BCUT2D eigenvalue weighted by atomic mass is 10.2. The topological polar surface area (TPSA) is 37.8 Å². The van der Waals surface area contributed by atoms with Gasteiger partial charge in [0.25, 0.3) is 0 Å². The van der Waals surface area contributed by atoms with Gasteiger partial charge in [0.15, 0.2) is 4.34 Å². The van der Waals surface area contributed by atoms with Crippen molar-refractivity contribution in [2.45, 2.75) is 11.3 Å². The Morgan fingerprint density at radius 1 is 1.44 bits per heavy atom. The number of aryl methyl sites for hydroxylation is 1. The van der Waals surface area contributed by atoms with E-state index in [-0.39, 0.29) is 0 Å². The zero-order valence-electron chi connectivity index (χ0n) is 9.01. The van der Waals surface area contributed by atoms with Crippen molar-refractivity contribution in [1.29, 1.82) is 0 Å². The zero-order valence-corrected chi connectivity index (χ0v) is 10.6. The summed E-state index contributed by atoms with van der Waals surface area (Å²) in [5, 5.41) is 11.2. The van der Waals surface area contributed by atoms with Crippen molar-refractivity contribution >= 4 is 28.8 Å². The Labute approximate surface area is 103 Å². The minimum absolute atomic E-state index is 0.938. The molecule has 1 aromatic heterocycles. The average Bonchev–Trinajstić information content (AvgIpc) is 2.77. The van der Waals surface area contributed by atoms with Crippen LogP contribution in [0.2, 0.25) is 0 Å². The third-order valence-electron chi connectivity index (χ3n) is 2.01. The van der Waals surface area contributed by atoms with E-state index in [4.69, 9.17) is 0 Å². The third-order valence-corrected chi connectivity index (χ3v) is 3.88. The maximum Gasteiger partial charge on any atom is 0.174 e. The quantitative estimate of drug-likeness (QED) is 0.654. The second-order valence-electron chi connectivity index (χ2n) is 3.35. The van der Waals surface area contributed by atoms with E-state index in [0.717, 1.165) is 16.6 Å². The molecule has 1 aromatic carbocycles. The Balaban J connectivity index is 1.72. The van der Waals surface area contributed by atoms with E-state index in [9.17, 15) is 0 Å². The molecule has 0 radical (unpaired) electrons.